The highest BCUT2D eigenvalue weighted by Crippen LogP contribution is 2.24. The molecule has 0 atom stereocenters. The van der Waals surface area contributed by atoms with Crippen LogP contribution in [-0.4, -0.2) is 15.6 Å². The molecule has 0 aliphatic carbocycles. The Morgan fingerprint density at radius 3 is 2.63 bits per heavy atom. The lowest BCUT2D eigenvalue weighted by atomic mass is 10.1. The van der Waals surface area contributed by atoms with Crippen molar-refractivity contribution in [3.8, 4) is 0 Å². The van der Waals surface area contributed by atoms with Gasteiger partial charge in [0.15, 0.2) is 5.78 Å². The Kier molecular flexibility index (Phi) is 4.58. The molecule has 19 heavy (non-hydrogen) atoms. The second-order valence-electron chi connectivity index (χ2n) is 4.24. The average molecular weight is 386 g/mol. The Labute approximate surface area is 129 Å². The molecule has 3 nitrogen and oxygen atoms in total. The molecule has 5 heteroatoms. The van der Waals surface area contributed by atoms with E-state index in [4.69, 9.17) is 0 Å². The Balaban J connectivity index is 2.32. The molecule has 1 aromatic heterocycles. The third-order valence-electron chi connectivity index (χ3n) is 2.96. The van der Waals surface area contributed by atoms with Gasteiger partial charge in [-0.3, -0.25) is 9.48 Å². The van der Waals surface area contributed by atoms with Crippen LogP contribution in [0.25, 0.3) is 0 Å². The van der Waals surface area contributed by atoms with E-state index in [0.29, 0.717) is 12.0 Å². The maximum atomic E-state index is 12.4. The van der Waals surface area contributed by atoms with E-state index in [1.54, 1.807) is 0 Å². The lowest BCUT2D eigenvalue weighted by Crippen LogP contribution is -2.10. The topological polar surface area (TPSA) is 34.9 Å². The number of ketones is 1. The Bertz CT molecular complexity index is 620. The molecule has 0 unspecified atom stereocenters. The van der Waals surface area contributed by atoms with Crippen molar-refractivity contribution in [3.05, 3.63) is 50.2 Å². The Morgan fingerprint density at radius 2 is 2.00 bits per heavy atom. The van der Waals surface area contributed by atoms with Gasteiger partial charge in [-0.15, -0.1) is 0 Å². The minimum absolute atomic E-state index is 0.0859. The van der Waals surface area contributed by atoms with Gasteiger partial charge in [-0.1, -0.05) is 34.1 Å². The summed E-state index contributed by atoms with van der Waals surface area (Å²) < 4.78 is 3.62. The van der Waals surface area contributed by atoms with Crippen molar-refractivity contribution >= 4 is 37.6 Å². The lowest BCUT2D eigenvalue weighted by molar-refractivity contribution is 0.0989. The molecule has 0 bridgehead atoms. The fourth-order valence-electron chi connectivity index (χ4n) is 1.97. The molecular weight excluding hydrogens is 372 g/mol. The first-order chi connectivity index (χ1) is 9.04. The van der Waals surface area contributed by atoms with Crippen molar-refractivity contribution in [2.75, 3.05) is 0 Å². The number of carbonyl (C=O) groups is 1. The van der Waals surface area contributed by atoms with Gasteiger partial charge in [0.2, 0.25) is 0 Å². The smallest absolute Gasteiger partial charge is 0.169 e. The molecular formula is C14H14Br2N2O. The predicted octanol–water partition coefficient (Wildman–Crippen LogP) is 4.16. The van der Waals surface area contributed by atoms with Gasteiger partial charge in [0.25, 0.3) is 0 Å². The molecule has 100 valence electrons. The summed E-state index contributed by atoms with van der Waals surface area (Å²) in [5.41, 5.74) is 2.55. The second kappa shape index (κ2) is 6.01. The molecule has 2 rings (SSSR count). The molecule has 0 spiro atoms. The standard InChI is InChI=1S/C14H14Br2N2O/c1-3-18-12(14(16)9(2)17-18)8-13(19)10-6-4-5-7-11(10)15/h4-7H,3,8H2,1-2H3. The SMILES string of the molecule is CCn1nc(C)c(Br)c1CC(=O)c1ccccc1Br. The van der Waals surface area contributed by atoms with Gasteiger partial charge in [0, 0.05) is 16.6 Å². The van der Waals surface area contributed by atoms with E-state index in [9.17, 15) is 4.79 Å². The summed E-state index contributed by atoms with van der Waals surface area (Å²) in [6, 6.07) is 7.48. The van der Waals surface area contributed by atoms with E-state index < -0.39 is 0 Å². The number of carbonyl (C=O) groups excluding carboxylic acids is 1. The number of Topliss-reactive ketones (excluding diaryl/α,β-unsaturated/α-hetero) is 1. The maximum Gasteiger partial charge on any atom is 0.169 e. The fourth-order valence-corrected chi connectivity index (χ4v) is 2.90. The zero-order chi connectivity index (χ0) is 14.0. The van der Waals surface area contributed by atoms with Gasteiger partial charge >= 0.3 is 0 Å². The second-order valence-corrected chi connectivity index (χ2v) is 5.89. The molecule has 0 fully saturated rings. The van der Waals surface area contributed by atoms with Gasteiger partial charge in [0.1, 0.15) is 0 Å². The molecule has 1 aromatic carbocycles. The molecule has 2 aromatic rings. The lowest BCUT2D eigenvalue weighted by Gasteiger charge is -2.06. The molecule has 0 N–H and O–H groups in total. The zero-order valence-corrected chi connectivity index (χ0v) is 14.0. The van der Waals surface area contributed by atoms with Crippen LogP contribution in [-0.2, 0) is 13.0 Å². The molecule has 0 saturated carbocycles. The van der Waals surface area contributed by atoms with Crippen LogP contribution in [0.15, 0.2) is 33.2 Å². The van der Waals surface area contributed by atoms with Crippen LogP contribution < -0.4 is 0 Å². The van der Waals surface area contributed by atoms with E-state index in [0.717, 1.165) is 26.9 Å². The number of benzene rings is 1. The van der Waals surface area contributed by atoms with Crippen LogP contribution in [0, 0.1) is 6.92 Å². The summed E-state index contributed by atoms with van der Waals surface area (Å²) in [5, 5.41) is 4.40. The van der Waals surface area contributed by atoms with E-state index in [1.807, 2.05) is 42.8 Å². The first-order valence-electron chi connectivity index (χ1n) is 6.04. The van der Waals surface area contributed by atoms with E-state index in [2.05, 4.69) is 37.0 Å². The van der Waals surface area contributed by atoms with Gasteiger partial charge in [-0.25, -0.2) is 0 Å². The van der Waals surface area contributed by atoms with E-state index in [-0.39, 0.29) is 5.78 Å². The van der Waals surface area contributed by atoms with Gasteiger partial charge in [0.05, 0.1) is 22.3 Å². The third kappa shape index (κ3) is 2.98. The third-order valence-corrected chi connectivity index (χ3v) is 4.68. The first kappa shape index (κ1) is 14.5. The Hall–Kier alpha value is -0.940. The quantitative estimate of drug-likeness (QED) is 0.740. The van der Waals surface area contributed by atoms with Gasteiger partial charge < -0.3 is 0 Å². The molecule has 0 saturated heterocycles. The van der Waals surface area contributed by atoms with Crippen molar-refractivity contribution in [2.24, 2.45) is 0 Å². The molecule has 0 aliphatic rings. The fraction of sp³-hybridized carbons (Fsp3) is 0.286. The van der Waals surface area contributed by atoms with Crippen LogP contribution in [0.1, 0.15) is 28.7 Å². The monoisotopic (exact) mass is 384 g/mol. The number of hydrogen-bond acceptors (Lipinski definition) is 2. The van der Waals surface area contributed by atoms with Crippen LogP contribution in [0.2, 0.25) is 0 Å². The van der Waals surface area contributed by atoms with Gasteiger partial charge in [-0.2, -0.15) is 5.10 Å². The van der Waals surface area contributed by atoms with Crippen molar-refractivity contribution in [2.45, 2.75) is 26.8 Å². The van der Waals surface area contributed by atoms with Crippen molar-refractivity contribution in [3.63, 3.8) is 0 Å². The number of hydrogen-bond donors (Lipinski definition) is 0. The largest absolute Gasteiger partial charge is 0.294 e. The summed E-state index contributed by atoms with van der Waals surface area (Å²) in [4.78, 5) is 12.4. The zero-order valence-electron chi connectivity index (χ0n) is 10.8. The van der Waals surface area contributed by atoms with Crippen LogP contribution in [0.4, 0.5) is 0 Å². The number of aryl methyl sites for hydroxylation is 2. The number of aromatic nitrogens is 2. The predicted molar refractivity (Wildman–Crippen MR) is 82.5 cm³/mol. The molecule has 0 radical (unpaired) electrons. The summed E-state index contributed by atoms with van der Waals surface area (Å²) in [7, 11) is 0. The van der Waals surface area contributed by atoms with Gasteiger partial charge in [-0.05, 0) is 35.8 Å². The van der Waals surface area contributed by atoms with E-state index >= 15 is 0 Å². The first-order valence-corrected chi connectivity index (χ1v) is 7.62. The summed E-state index contributed by atoms with van der Waals surface area (Å²) >= 11 is 6.93. The van der Waals surface area contributed by atoms with Crippen molar-refractivity contribution in [1.82, 2.24) is 9.78 Å². The van der Waals surface area contributed by atoms with Crippen molar-refractivity contribution in [1.29, 1.82) is 0 Å². The summed E-state index contributed by atoms with van der Waals surface area (Å²) in [5.74, 6) is 0.0859. The minimum atomic E-state index is 0.0859. The molecule has 1 heterocycles. The minimum Gasteiger partial charge on any atom is -0.294 e. The molecule has 0 amide bonds. The maximum absolute atomic E-state index is 12.4. The molecule has 0 aliphatic heterocycles. The number of halogens is 2. The van der Waals surface area contributed by atoms with Crippen LogP contribution in [0.5, 0.6) is 0 Å². The Morgan fingerprint density at radius 1 is 1.32 bits per heavy atom. The highest BCUT2D eigenvalue weighted by Gasteiger charge is 2.17. The van der Waals surface area contributed by atoms with Crippen LogP contribution >= 0.6 is 31.9 Å². The number of nitrogens with zero attached hydrogens (tertiary/aromatic N) is 2. The average Bonchev–Trinajstić information content (AvgIpc) is 2.67. The van der Waals surface area contributed by atoms with Crippen LogP contribution in [0.3, 0.4) is 0 Å². The van der Waals surface area contributed by atoms with Crippen molar-refractivity contribution < 1.29 is 4.79 Å². The number of rotatable bonds is 4. The highest BCUT2D eigenvalue weighted by atomic mass is 79.9. The van der Waals surface area contributed by atoms with E-state index in [1.165, 1.54) is 0 Å². The summed E-state index contributed by atoms with van der Waals surface area (Å²) in [6.07, 6.45) is 0.345. The normalized spacial score (nSPS) is 10.7. The summed E-state index contributed by atoms with van der Waals surface area (Å²) in [6.45, 7) is 4.71. The highest BCUT2D eigenvalue weighted by molar-refractivity contribution is 9.10.